The van der Waals surface area contributed by atoms with E-state index in [-0.39, 0.29) is 11.6 Å². The van der Waals surface area contributed by atoms with Gasteiger partial charge in [0.05, 0.1) is 11.1 Å². The molecule has 0 amide bonds. The average Bonchev–Trinajstić information content (AvgIpc) is 2.24. The number of rotatable bonds is 4. The summed E-state index contributed by atoms with van der Waals surface area (Å²) in [6.45, 7) is 4.36. The Balaban J connectivity index is 3.10. The fourth-order valence-electron chi connectivity index (χ4n) is 1.40. The zero-order valence-electron chi connectivity index (χ0n) is 10.0. The highest BCUT2D eigenvalue weighted by atomic mass is 19.4. The van der Waals surface area contributed by atoms with Crippen LogP contribution < -0.4 is 5.32 Å². The fraction of sp³-hybridized carbons (Fsp3) is 0.417. The molecule has 0 radical (unpaired) electrons. The summed E-state index contributed by atoms with van der Waals surface area (Å²) in [7, 11) is 0. The van der Waals surface area contributed by atoms with Gasteiger partial charge in [-0.05, 0) is 24.1 Å². The van der Waals surface area contributed by atoms with Crippen LogP contribution in [0.25, 0.3) is 0 Å². The molecule has 0 aliphatic rings. The van der Waals surface area contributed by atoms with E-state index in [1.807, 2.05) is 13.8 Å². The van der Waals surface area contributed by atoms with E-state index in [1.165, 1.54) is 6.07 Å². The number of anilines is 1. The summed E-state index contributed by atoms with van der Waals surface area (Å²) in [6.07, 6.45) is -4.68. The molecule has 0 bridgehead atoms. The van der Waals surface area contributed by atoms with E-state index < -0.39 is 23.3 Å². The number of aromatic carboxylic acids is 1. The Kier molecular flexibility index (Phi) is 4.21. The van der Waals surface area contributed by atoms with Gasteiger partial charge in [0, 0.05) is 12.2 Å². The van der Waals surface area contributed by atoms with Crippen molar-refractivity contribution in [2.45, 2.75) is 20.0 Å². The average molecular weight is 261 g/mol. The van der Waals surface area contributed by atoms with Crippen LogP contribution in [0.1, 0.15) is 29.8 Å². The molecular formula is C12H14F3NO2. The minimum atomic E-state index is -4.68. The number of carboxylic acid groups (broad SMARTS) is 1. The Morgan fingerprint density at radius 2 is 2.00 bits per heavy atom. The minimum Gasteiger partial charge on any atom is -0.478 e. The van der Waals surface area contributed by atoms with Crippen LogP contribution in [0.3, 0.4) is 0 Å². The van der Waals surface area contributed by atoms with Gasteiger partial charge in [0.15, 0.2) is 0 Å². The molecule has 0 aliphatic carbocycles. The van der Waals surface area contributed by atoms with Gasteiger partial charge >= 0.3 is 12.1 Å². The maximum Gasteiger partial charge on any atom is 0.417 e. The van der Waals surface area contributed by atoms with Crippen molar-refractivity contribution in [3.8, 4) is 0 Å². The first kappa shape index (κ1) is 14.3. The molecular weight excluding hydrogens is 247 g/mol. The Bertz CT molecular complexity index is 441. The van der Waals surface area contributed by atoms with Crippen molar-refractivity contribution in [2.75, 3.05) is 11.9 Å². The Morgan fingerprint density at radius 3 is 2.44 bits per heavy atom. The van der Waals surface area contributed by atoms with Crippen molar-refractivity contribution < 1.29 is 23.1 Å². The number of benzene rings is 1. The smallest absolute Gasteiger partial charge is 0.417 e. The van der Waals surface area contributed by atoms with Crippen LogP contribution >= 0.6 is 0 Å². The zero-order chi connectivity index (χ0) is 13.9. The van der Waals surface area contributed by atoms with Gasteiger partial charge in [-0.3, -0.25) is 0 Å². The van der Waals surface area contributed by atoms with Crippen molar-refractivity contribution in [1.82, 2.24) is 0 Å². The Hall–Kier alpha value is -1.72. The molecule has 0 saturated heterocycles. The van der Waals surface area contributed by atoms with Crippen molar-refractivity contribution in [1.29, 1.82) is 0 Å². The lowest BCUT2D eigenvalue weighted by Gasteiger charge is -2.14. The van der Waals surface area contributed by atoms with E-state index in [0.29, 0.717) is 6.54 Å². The SMILES string of the molecule is CC(C)CNc1ccc(C(=O)O)c(C(F)(F)F)c1. The highest BCUT2D eigenvalue weighted by molar-refractivity contribution is 5.90. The van der Waals surface area contributed by atoms with Crippen LogP contribution in [0.5, 0.6) is 0 Å². The molecule has 1 aromatic rings. The van der Waals surface area contributed by atoms with Crippen molar-refractivity contribution in [3.63, 3.8) is 0 Å². The van der Waals surface area contributed by atoms with Gasteiger partial charge in [-0.2, -0.15) is 13.2 Å². The van der Waals surface area contributed by atoms with Crippen molar-refractivity contribution in [2.24, 2.45) is 5.92 Å². The molecule has 100 valence electrons. The lowest BCUT2D eigenvalue weighted by molar-refractivity contribution is -0.138. The van der Waals surface area contributed by atoms with Gasteiger partial charge in [-0.15, -0.1) is 0 Å². The summed E-state index contributed by atoms with van der Waals surface area (Å²) in [5.41, 5.74) is -1.61. The van der Waals surface area contributed by atoms with Gasteiger partial charge < -0.3 is 10.4 Å². The number of nitrogens with one attached hydrogen (secondary N) is 1. The first-order valence-corrected chi connectivity index (χ1v) is 5.40. The third-order valence-corrected chi connectivity index (χ3v) is 2.27. The standard InChI is InChI=1S/C12H14F3NO2/c1-7(2)6-16-8-3-4-9(11(17)18)10(5-8)12(13,14)15/h3-5,7,16H,6H2,1-2H3,(H,17,18). The number of carbonyl (C=O) groups is 1. The summed E-state index contributed by atoms with van der Waals surface area (Å²) in [6, 6.07) is 3.13. The van der Waals surface area contributed by atoms with Crippen LogP contribution in [0.2, 0.25) is 0 Å². The van der Waals surface area contributed by atoms with Gasteiger partial charge in [-0.25, -0.2) is 4.79 Å². The first-order chi connectivity index (χ1) is 8.21. The summed E-state index contributed by atoms with van der Waals surface area (Å²) < 4.78 is 38.1. The molecule has 2 N–H and O–H groups in total. The lowest BCUT2D eigenvalue weighted by Crippen LogP contribution is -2.14. The second kappa shape index (κ2) is 5.29. The molecule has 0 aromatic heterocycles. The highest BCUT2D eigenvalue weighted by Crippen LogP contribution is 2.33. The monoisotopic (exact) mass is 261 g/mol. The van der Waals surface area contributed by atoms with Gasteiger partial charge in [0.1, 0.15) is 0 Å². The summed E-state index contributed by atoms with van der Waals surface area (Å²) in [5.74, 6) is -1.31. The molecule has 0 unspecified atom stereocenters. The van der Waals surface area contributed by atoms with Crippen LogP contribution in [0.4, 0.5) is 18.9 Å². The quantitative estimate of drug-likeness (QED) is 0.872. The maximum absolute atomic E-state index is 12.7. The summed E-state index contributed by atoms with van der Waals surface area (Å²) >= 11 is 0. The van der Waals surface area contributed by atoms with E-state index in [2.05, 4.69) is 5.32 Å². The van der Waals surface area contributed by atoms with E-state index in [9.17, 15) is 18.0 Å². The van der Waals surface area contributed by atoms with E-state index in [0.717, 1.165) is 12.1 Å². The van der Waals surface area contributed by atoms with E-state index in [4.69, 9.17) is 5.11 Å². The lowest BCUT2D eigenvalue weighted by atomic mass is 10.1. The molecule has 0 saturated carbocycles. The van der Waals surface area contributed by atoms with E-state index >= 15 is 0 Å². The van der Waals surface area contributed by atoms with Crippen LogP contribution in [0, 0.1) is 5.92 Å². The minimum absolute atomic E-state index is 0.265. The third kappa shape index (κ3) is 3.65. The largest absolute Gasteiger partial charge is 0.478 e. The normalized spacial score (nSPS) is 11.7. The second-order valence-electron chi connectivity index (χ2n) is 4.34. The summed E-state index contributed by atoms with van der Waals surface area (Å²) in [4.78, 5) is 10.7. The highest BCUT2D eigenvalue weighted by Gasteiger charge is 2.35. The molecule has 3 nitrogen and oxygen atoms in total. The van der Waals surface area contributed by atoms with Gasteiger partial charge in [0.25, 0.3) is 0 Å². The fourth-order valence-corrected chi connectivity index (χ4v) is 1.40. The zero-order valence-corrected chi connectivity index (χ0v) is 10.0. The number of alkyl halides is 3. The predicted molar refractivity (Wildman–Crippen MR) is 61.7 cm³/mol. The Morgan fingerprint density at radius 1 is 1.39 bits per heavy atom. The number of hydrogen-bond donors (Lipinski definition) is 2. The van der Waals surface area contributed by atoms with E-state index in [1.54, 1.807) is 0 Å². The second-order valence-corrected chi connectivity index (χ2v) is 4.34. The topological polar surface area (TPSA) is 49.3 Å². The van der Waals surface area contributed by atoms with Gasteiger partial charge in [-0.1, -0.05) is 13.8 Å². The molecule has 6 heteroatoms. The third-order valence-electron chi connectivity index (χ3n) is 2.27. The molecule has 1 rings (SSSR count). The maximum atomic E-state index is 12.7. The summed E-state index contributed by atoms with van der Waals surface area (Å²) in [5, 5.41) is 11.5. The van der Waals surface area contributed by atoms with Crippen LogP contribution in [-0.2, 0) is 6.18 Å². The van der Waals surface area contributed by atoms with Crippen LogP contribution in [0.15, 0.2) is 18.2 Å². The predicted octanol–water partition coefficient (Wildman–Crippen LogP) is 3.47. The molecule has 0 aliphatic heterocycles. The van der Waals surface area contributed by atoms with Crippen LogP contribution in [-0.4, -0.2) is 17.6 Å². The molecule has 0 heterocycles. The number of hydrogen-bond acceptors (Lipinski definition) is 2. The first-order valence-electron chi connectivity index (χ1n) is 5.40. The number of halogens is 3. The molecule has 18 heavy (non-hydrogen) atoms. The van der Waals surface area contributed by atoms with Crippen molar-refractivity contribution in [3.05, 3.63) is 29.3 Å². The molecule has 1 aromatic carbocycles. The number of carboxylic acids is 1. The van der Waals surface area contributed by atoms with Gasteiger partial charge in [0.2, 0.25) is 0 Å². The molecule has 0 atom stereocenters. The Labute approximate surface area is 103 Å². The van der Waals surface area contributed by atoms with Crippen molar-refractivity contribution >= 4 is 11.7 Å². The molecule has 0 spiro atoms. The molecule has 0 fully saturated rings.